The summed E-state index contributed by atoms with van der Waals surface area (Å²) >= 11 is 0. The maximum absolute atomic E-state index is 12.8. The Balaban J connectivity index is 1.92. The molecule has 0 spiro atoms. The quantitative estimate of drug-likeness (QED) is 0.520. The smallest absolute Gasteiger partial charge is 0.247 e. The van der Waals surface area contributed by atoms with Crippen LogP contribution in [0.4, 0.5) is 11.8 Å². The Bertz CT molecular complexity index is 1300. The lowest BCUT2D eigenvalue weighted by molar-refractivity contribution is 0.521. The van der Waals surface area contributed by atoms with E-state index in [1.807, 2.05) is 24.3 Å². The Hall–Kier alpha value is -3.37. The number of sulfonamides is 1. The number of nitrogens with one attached hydrogen (secondary N) is 2. The van der Waals surface area contributed by atoms with Gasteiger partial charge in [-0.2, -0.15) is 4.98 Å². The van der Waals surface area contributed by atoms with Gasteiger partial charge in [-0.05, 0) is 31.2 Å². The molecule has 4 rings (SSSR count). The summed E-state index contributed by atoms with van der Waals surface area (Å²) in [5, 5.41) is 10.7. The fraction of sp³-hybridized carbons (Fsp3) is 0.158. The van der Waals surface area contributed by atoms with Crippen LogP contribution in [0.15, 0.2) is 53.4 Å². The summed E-state index contributed by atoms with van der Waals surface area (Å²) in [5.74, 6) is 1.81. The Morgan fingerprint density at radius 3 is 2.41 bits per heavy atom. The maximum Gasteiger partial charge on any atom is 0.247 e. The van der Waals surface area contributed by atoms with E-state index in [4.69, 9.17) is 0 Å². The highest BCUT2D eigenvalue weighted by atomic mass is 32.2. The predicted octanol–water partition coefficient (Wildman–Crippen LogP) is 2.72. The van der Waals surface area contributed by atoms with Gasteiger partial charge in [-0.25, -0.2) is 22.7 Å². The summed E-state index contributed by atoms with van der Waals surface area (Å²) in [6, 6.07) is 14.1. The van der Waals surface area contributed by atoms with E-state index < -0.39 is 10.0 Å². The zero-order valence-electron chi connectivity index (χ0n) is 16.1. The van der Waals surface area contributed by atoms with E-state index in [-0.39, 0.29) is 4.90 Å². The standard InChI is InChI=1S/C19H19N7O2S/c1-12-20-19(25-24-12)23-17-13-8-4-6-10-15(13)21-18(22-17)14-9-5-7-11-16(14)29(27,28)26(2)3/h4-11H,1-3H3,(H2,20,21,22,23,24,25). The molecule has 0 aliphatic rings. The predicted molar refractivity (Wildman–Crippen MR) is 110 cm³/mol. The van der Waals surface area contributed by atoms with E-state index in [9.17, 15) is 8.42 Å². The molecule has 0 aliphatic heterocycles. The number of hydrogen-bond acceptors (Lipinski definition) is 7. The number of fused-ring (bicyclic) bond motifs is 1. The average Bonchev–Trinajstić information content (AvgIpc) is 3.12. The van der Waals surface area contributed by atoms with Gasteiger partial charge in [-0.3, -0.25) is 5.10 Å². The molecule has 0 atom stereocenters. The number of nitrogens with zero attached hydrogens (tertiary/aromatic N) is 5. The van der Waals surface area contributed by atoms with Crippen LogP contribution >= 0.6 is 0 Å². The molecular formula is C19H19N7O2S. The topological polar surface area (TPSA) is 117 Å². The minimum atomic E-state index is -3.67. The Kier molecular flexibility index (Phi) is 4.73. The zero-order chi connectivity index (χ0) is 20.6. The van der Waals surface area contributed by atoms with Crippen LogP contribution in [-0.4, -0.2) is 52.0 Å². The van der Waals surface area contributed by atoms with E-state index in [1.165, 1.54) is 18.4 Å². The van der Waals surface area contributed by atoms with E-state index in [0.717, 1.165) is 5.39 Å². The van der Waals surface area contributed by atoms with Crippen LogP contribution in [0.1, 0.15) is 5.82 Å². The number of benzene rings is 2. The molecule has 0 amide bonds. The third kappa shape index (κ3) is 3.55. The number of para-hydroxylation sites is 1. The summed E-state index contributed by atoms with van der Waals surface area (Å²) in [5.41, 5.74) is 1.09. The van der Waals surface area contributed by atoms with Crippen molar-refractivity contribution in [1.82, 2.24) is 29.5 Å². The van der Waals surface area contributed by atoms with E-state index >= 15 is 0 Å². The minimum absolute atomic E-state index is 0.139. The maximum atomic E-state index is 12.8. The molecule has 0 aliphatic carbocycles. The van der Waals surface area contributed by atoms with Gasteiger partial charge >= 0.3 is 0 Å². The second kappa shape index (κ2) is 7.22. The molecule has 0 saturated carbocycles. The molecular weight excluding hydrogens is 390 g/mol. The SMILES string of the molecule is Cc1nc(Nc2nc(-c3ccccc3S(=O)(=O)N(C)C)nc3ccccc23)n[nH]1. The number of aromatic nitrogens is 5. The first-order valence-corrected chi connectivity index (χ1v) is 10.2. The monoisotopic (exact) mass is 409 g/mol. The molecule has 0 radical (unpaired) electrons. The van der Waals surface area contributed by atoms with Crippen molar-refractivity contribution in [3.8, 4) is 11.4 Å². The first kappa shape index (κ1) is 19.0. The van der Waals surface area contributed by atoms with Crippen LogP contribution < -0.4 is 5.32 Å². The lowest BCUT2D eigenvalue weighted by Crippen LogP contribution is -2.23. The van der Waals surface area contributed by atoms with E-state index in [1.54, 1.807) is 31.2 Å². The summed E-state index contributed by atoms with van der Waals surface area (Å²) in [7, 11) is -0.690. The molecule has 10 heteroatoms. The first-order chi connectivity index (χ1) is 13.9. The van der Waals surface area contributed by atoms with Crippen molar-refractivity contribution < 1.29 is 8.42 Å². The van der Waals surface area contributed by atoms with Gasteiger partial charge in [0.25, 0.3) is 0 Å². The largest absolute Gasteiger partial charge is 0.307 e. The number of rotatable bonds is 5. The number of hydrogen-bond donors (Lipinski definition) is 2. The molecule has 0 bridgehead atoms. The van der Waals surface area contributed by atoms with Gasteiger partial charge in [0, 0.05) is 25.0 Å². The summed E-state index contributed by atoms with van der Waals surface area (Å²) in [6.07, 6.45) is 0. The molecule has 2 N–H and O–H groups in total. The molecule has 0 fully saturated rings. The lowest BCUT2D eigenvalue weighted by atomic mass is 10.2. The van der Waals surface area contributed by atoms with Crippen molar-refractivity contribution in [3.63, 3.8) is 0 Å². The number of H-pyrrole nitrogens is 1. The fourth-order valence-corrected chi connectivity index (χ4v) is 3.95. The van der Waals surface area contributed by atoms with Gasteiger partial charge in [-0.1, -0.05) is 24.3 Å². The van der Waals surface area contributed by atoms with Gasteiger partial charge in [0.15, 0.2) is 5.82 Å². The van der Waals surface area contributed by atoms with Gasteiger partial charge in [-0.15, -0.1) is 5.10 Å². The first-order valence-electron chi connectivity index (χ1n) is 8.81. The zero-order valence-corrected chi connectivity index (χ0v) is 16.9. The Morgan fingerprint density at radius 1 is 0.966 bits per heavy atom. The highest BCUT2D eigenvalue weighted by Gasteiger charge is 2.23. The molecule has 29 heavy (non-hydrogen) atoms. The Labute approximate surface area is 167 Å². The molecule has 4 aromatic rings. The highest BCUT2D eigenvalue weighted by molar-refractivity contribution is 7.89. The number of anilines is 2. The molecule has 0 saturated heterocycles. The van der Waals surface area contributed by atoms with Gasteiger partial charge in [0.1, 0.15) is 11.6 Å². The van der Waals surface area contributed by atoms with Crippen molar-refractivity contribution in [2.24, 2.45) is 0 Å². The van der Waals surface area contributed by atoms with Crippen molar-refractivity contribution in [1.29, 1.82) is 0 Å². The summed E-state index contributed by atoms with van der Waals surface area (Å²) in [4.78, 5) is 13.6. The number of aromatic amines is 1. The molecule has 9 nitrogen and oxygen atoms in total. The average molecular weight is 409 g/mol. The van der Waals surface area contributed by atoms with Gasteiger partial charge in [0.05, 0.1) is 10.4 Å². The van der Waals surface area contributed by atoms with E-state index in [2.05, 4.69) is 30.5 Å². The van der Waals surface area contributed by atoms with Crippen LogP contribution in [0.25, 0.3) is 22.3 Å². The molecule has 2 heterocycles. The van der Waals surface area contributed by atoms with Crippen LogP contribution in [-0.2, 0) is 10.0 Å². The fourth-order valence-electron chi connectivity index (χ4n) is 2.87. The summed E-state index contributed by atoms with van der Waals surface area (Å²) in [6.45, 7) is 1.80. The third-order valence-corrected chi connectivity index (χ3v) is 6.19. The van der Waals surface area contributed by atoms with Gasteiger partial charge < -0.3 is 5.32 Å². The lowest BCUT2D eigenvalue weighted by Gasteiger charge is -2.15. The Morgan fingerprint density at radius 2 is 1.69 bits per heavy atom. The second-order valence-corrected chi connectivity index (χ2v) is 8.69. The highest BCUT2D eigenvalue weighted by Crippen LogP contribution is 2.30. The normalized spacial score (nSPS) is 11.9. The molecule has 0 unspecified atom stereocenters. The molecule has 2 aromatic heterocycles. The van der Waals surface area contributed by atoms with Crippen molar-refractivity contribution in [2.75, 3.05) is 19.4 Å². The van der Waals surface area contributed by atoms with Crippen LogP contribution in [0, 0.1) is 6.92 Å². The van der Waals surface area contributed by atoms with Crippen molar-refractivity contribution in [3.05, 3.63) is 54.4 Å². The van der Waals surface area contributed by atoms with Crippen molar-refractivity contribution in [2.45, 2.75) is 11.8 Å². The van der Waals surface area contributed by atoms with E-state index in [0.29, 0.717) is 34.5 Å². The van der Waals surface area contributed by atoms with Crippen LogP contribution in [0.5, 0.6) is 0 Å². The van der Waals surface area contributed by atoms with Crippen molar-refractivity contribution >= 4 is 32.7 Å². The minimum Gasteiger partial charge on any atom is -0.307 e. The molecule has 2 aromatic carbocycles. The third-order valence-electron chi connectivity index (χ3n) is 4.32. The number of aryl methyl sites for hydroxylation is 1. The molecule has 148 valence electrons. The summed E-state index contributed by atoms with van der Waals surface area (Å²) < 4.78 is 26.8. The van der Waals surface area contributed by atoms with Crippen LogP contribution in [0.3, 0.4) is 0 Å². The second-order valence-electron chi connectivity index (χ2n) is 6.57. The van der Waals surface area contributed by atoms with Gasteiger partial charge in [0.2, 0.25) is 16.0 Å². The van der Waals surface area contributed by atoms with Crippen LogP contribution in [0.2, 0.25) is 0 Å².